The average Bonchev–Trinajstić information content (AvgIpc) is 3.23. The van der Waals surface area contributed by atoms with Crippen molar-refractivity contribution in [2.75, 3.05) is 0 Å². The van der Waals surface area contributed by atoms with Gasteiger partial charge in [0.05, 0.1) is 10.6 Å². The van der Waals surface area contributed by atoms with E-state index in [1.807, 2.05) is 30.3 Å². The van der Waals surface area contributed by atoms with Crippen LogP contribution in [0.5, 0.6) is 0 Å². The van der Waals surface area contributed by atoms with Gasteiger partial charge in [0, 0.05) is 16.6 Å². The molecule has 0 saturated carbocycles. The highest BCUT2D eigenvalue weighted by Gasteiger charge is 2.13. The number of rotatable bonds is 5. The molecule has 0 saturated heterocycles. The Morgan fingerprint density at radius 2 is 1.88 bits per heavy atom. The lowest BCUT2D eigenvalue weighted by molar-refractivity contribution is 0.0976. The van der Waals surface area contributed by atoms with Gasteiger partial charge in [-0.2, -0.15) is 0 Å². The van der Waals surface area contributed by atoms with Gasteiger partial charge in [-0.05, 0) is 71.7 Å². The van der Waals surface area contributed by atoms with Crippen molar-refractivity contribution < 1.29 is 9.21 Å². The van der Waals surface area contributed by atoms with Gasteiger partial charge in [0.1, 0.15) is 5.52 Å². The molecule has 1 aromatic heterocycles. The zero-order valence-electron chi connectivity index (χ0n) is 18.0. The molecule has 0 aliphatic rings. The fourth-order valence-corrected chi connectivity index (χ4v) is 3.99. The van der Waals surface area contributed by atoms with Crippen LogP contribution in [0.15, 0.2) is 69.6 Å². The van der Waals surface area contributed by atoms with E-state index in [1.54, 1.807) is 18.2 Å². The molecular formula is C25H21BrClN3O2S. The molecule has 8 heteroatoms. The third-order valence-corrected chi connectivity index (χ3v) is 6.20. The number of oxazole rings is 1. The smallest absolute Gasteiger partial charge is 0.258 e. The minimum absolute atomic E-state index is 0.222. The number of amides is 1. The Kier molecular flexibility index (Phi) is 7.12. The third kappa shape index (κ3) is 5.61. The van der Waals surface area contributed by atoms with Crippen LogP contribution in [0.1, 0.15) is 41.3 Å². The minimum Gasteiger partial charge on any atom is -0.436 e. The van der Waals surface area contributed by atoms with Crippen molar-refractivity contribution in [2.45, 2.75) is 26.3 Å². The fraction of sp³-hybridized carbons (Fsp3) is 0.160. The summed E-state index contributed by atoms with van der Waals surface area (Å²) >= 11 is 14.7. The van der Waals surface area contributed by atoms with Gasteiger partial charge in [-0.1, -0.05) is 59.6 Å². The van der Waals surface area contributed by atoms with Crippen molar-refractivity contribution in [3.8, 4) is 11.5 Å². The molecule has 1 heterocycles. The van der Waals surface area contributed by atoms with Crippen LogP contribution in [0.2, 0.25) is 5.02 Å². The number of aromatic nitrogens is 1. The zero-order chi connectivity index (χ0) is 23.5. The molecule has 2 N–H and O–H groups in total. The Labute approximate surface area is 210 Å². The topological polar surface area (TPSA) is 67.2 Å². The number of nitrogens with zero attached hydrogens (tertiary/aromatic N) is 1. The molecule has 33 heavy (non-hydrogen) atoms. The lowest BCUT2D eigenvalue weighted by atomic mass is 10.0. The van der Waals surface area contributed by atoms with Crippen LogP contribution in [-0.4, -0.2) is 16.0 Å². The first kappa shape index (κ1) is 23.4. The molecule has 0 fully saturated rings. The molecule has 168 valence electrons. The maximum absolute atomic E-state index is 12.4. The molecule has 0 atom stereocenters. The lowest BCUT2D eigenvalue weighted by Gasteiger charge is -2.11. The van der Waals surface area contributed by atoms with Crippen LogP contribution in [0.25, 0.3) is 22.6 Å². The van der Waals surface area contributed by atoms with Gasteiger partial charge in [0.2, 0.25) is 5.89 Å². The van der Waals surface area contributed by atoms with E-state index < -0.39 is 0 Å². The first-order valence-corrected chi connectivity index (χ1v) is 11.9. The second-order valence-electron chi connectivity index (χ2n) is 7.86. The first-order chi connectivity index (χ1) is 15.8. The van der Waals surface area contributed by atoms with Crippen molar-refractivity contribution in [3.63, 3.8) is 0 Å². The predicted octanol–water partition coefficient (Wildman–Crippen LogP) is 6.84. The Morgan fingerprint density at radius 1 is 1.12 bits per heavy atom. The van der Waals surface area contributed by atoms with E-state index in [2.05, 4.69) is 57.5 Å². The molecule has 0 unspecified atom stereocenters. The second kappa shape index (κ2) is 10.0. The number of carbonyl (C=O) groups is 1. The van der Waals surface area contributed by atoms with Gasteiger partial charge in [-0.3, -0.25) is 10.1 Å². The first-order valence-electron chi connectivity index (χ1n) is 10.3. The fourth-order valence-electron chi connectivity index (χ4n) is 3.26. The number of hydrogen-bond acceptors (Lipinski definition) is 4. The van der Waals surface area contributed by atoms with E-state index in [1.165, 1.54) is 5.56 Å². The van der Waals surface area contributed by atoms with Crippen molar-refractivity contribution in [1.82, 2.24) is 15.6 Å². The predicted molar refractivity (Wildman–Crippen MR) is 140 cm³/mol. The molecule has 4 rings (SSSR count). The van der Waals surface area contributed by atoms with Crippen LogP contribution in [0.3, 0.4) is 0 Å². The normalized spacial score (nSPS) is 11.1. The van der Waals surface area contributed by atoms with Crippen molar-refractivity contribution in [2.24, 2.45) is 0 Å². The molecule has 0 aliphatic carbocycles. The number of carbonyl (C=O) groups excluding carboxylic acids is 1. The summed E-state index contributed by atoms with van der Waals surface area (Å²) in [6.07, 6.45) is 0. The Hall–Kier alpha value is -2.74. The number of benzene rings is 3. The highest BCUT2D eigenvalue weighted by Crippen LogP contribution is 2.27. The van der Waals surface area contributed by atoms with Gasteiger partial charge in [0.25, 0.3) is 5.91 Å². The van der Waals surface area contributed by atoms with E-state index in [9.17, 15) is 4.79 Å². The summed E-state index contributed by atoms with van der Waals surface area (Å²) in [5, 5.41) is 6.26. The summed E-state index contributed by atoms with van der Waals surface area (Å²) in [6, 6.07) is 19.0. The minimum atomic E-state index is -0.370. The van der Waals surface area contributed by atoms with E-state index >= 15 is 0 Å². The third-order valence-electron chi connectivity index (χ3n) is 5.13. The van der Waals surface area contributed by atoms with E-state index in [4.69, 9.17) is 28.2 Å². The Balaban J connectivity index is 1.37. The van der Waals surface area contributed by atoms with Crippen molar-refractivity contribution in [1.29, 1.82) is 0 Å². The van der Waals surface area contributed by atoms with Crippen molar-refractivity contribution >= 4 is 61.9 Å². The summed E-state index contributed by atoms with van der Waals surface area (Å²) in [4.78, 5) is 17.1. The van der Waals surface area contributed by atoms with Crippen LogP contribution in [-0.2, 0) is 6.54 Å². The number of thiocarbonyl (C=S) groups is 1. The monoisotopic (exact) mass is 541 g/mol. The molecule has 4 aromatic rings. The quantitative estimate of drug-likeness (QED) is 0.270. The van der Waals surface area contributed by atoms with Gasteiger partial charge in [-0.15, -0.1) is 0 Å². The number of halogens is 2. The maximum Gasteiger partial charge on any atom is 0.258 e. The van der Waals surface area contributed by atoms with Crippen LogP contribution < -0.4 is 10.6 Å². The van der Waals surface area contributed by atoms with Gasteiger partial charge in [-0.25, -0.2) is 4.98 Å². The van der Waals surface area contributed by atoms with E-state index in [0.717, 1.165) is 26.7 Å². The highest BCUT2D eigenvalue weighted by molar-refractivity contribution is 9.10. The summed E-state index contributed by atoms with van der Waals surface area (Å²) in [7, 11) is 0. The molecule has 0 bridgehead atoms. The summed E-state index contributed by atoms with van der Waals surface area (Å²) in [5.74, 6) is 0.647. The molecule has 0 radical (unpaired) electrons. The largest absolute Gasteiger partial charge is 0.436 e. The SMILES string of the molecule is CC(C)c1ccc2oc(-c3ccc(CNC(=S)NC(=O)c4cc(Br)ccc4Cl)cc3)nc2c1. The summed E-state index contributed by atoms with van der Waals surface area (Å²) < 4.78 is 6.68. The molecule has 0 aliphatic heterocycles. The molecular weight excluding hydrogens is 522 g/mol. The van der Waals surface area contributed by atoms with E-state index in [0.29, 0.717) is 28.9 Å². The standard InChI is InChI=1S/C25H21BrClN3O2S/c1-14(2)17-7-10-22-21(11-17)29-24(32-22)16-5-3-15(4-6-16)13-28-25(33)30-23(31)19-12-18(26)8-9-20(19)27/h3-12,14H,13H2,1-2H3,(H2,28,30,31,33). The summed E-state index contributed by atoms with van der Waals surface area (Å²) in [6.45, 7) is 4.76. The summed E-state index contributed by atoms with van der Waals surface area (Å²) in [5.41, 5.74) is 5.09. The Bertz CT molecular complexity index is 1340. The van der Waals surface area contributed by atoms with Crippen LogP contribution in [0, 0.1) is 0 Å². The van der Waals surface area contributed by atoms with Gasteiger partial charge in [0.15, 0.2) is 10.7 Å². The molecule has 0 spiro atoms. The van der Waals surface area contributed by atoms with E-state index in [-0.39, 0.29) is 11.0 Å². The Morgan fingerprint density at radius 3 is 2.61 bits per heavy atom. The van der Waals surface area contributed by atoms with Gasteiger partial charge >= 0.3 is 0 Å². The molecule has 5 nitrogen and oxygen atoms in total. The maximum atomic E-state index is 12.4. The molecule has 3 aromatic carbocycles. The van der Waals surface area contributed by atoms with Crippen LogP contribution >= 0.6 is 39.7 Å². The molecule has 1 amide bonds. The second-order valence-corrected chi connectivity index (χ2v) is 9.59. The van der Waals surface area contributed by atoms with Crippen LogP contribution in [0.4, 0.5) is 0 Å². The van der Waals surface area contributed by atoms with Crippen molar-refractivity contribution in [3.05, 3.63) is 86.8 Å². The zero-order valence-corrected chi connectivity index (χ0v) is 21.1. The average molecular weight is 543 g/mol. The number of nitrogens with one attached hydrogen (secondary N) is 2. The number of hydrogen-bond donors (Lipinski definition) is 2. The van der Waals surface area contributed by atoms with Gasteiger partial charge < -0.3 is 9.73 Å². The number of fused-ring (bicyclic) bond motifs is 1. The lowest BCUT2D eigenvalue weighted by Crippen LogP contribution is -2.38. The highest BCUT2D eigenvalue weighted by atomic mass is 79.9.